The minimum Gasteiger partial charge on any atom is -0.355 e. The van der Waals surface area contributed by atoms with Gasteiger partial charge in [-0.2, -0.15) is 23.5 Å². The lowest BCUT2D eigenvalue weighted by Gasteiger charge is -2.26. The Kier molecular flexibility index (Phi) is 8.37. The summed E-state index contributed by atoms with van der Waals surface area (Å²) in [5.41, 5.74) is 0. The fourth-order valence-electron chi connectivity index (χ4n) is 1.84. The van der Waals surface area contributed by atoms with Gasteiger partial charge < -0.3 is 10.6 Å². The maximum absolute atomic E-state index is 12.2. The first-order valence-electron chi connectivity index (χ1n) is 7.36. The summed E-state index contributed by atoms with van der Waals surface area (Å²) in [5, 5.41) is 6.31. The molecule has 6 nitrogen and oxygen atoms in total. The summed E-state index contributed by atoms with van der Waals surface area (Å²) in [6.07, 6.45) is 2.07. The molecule has 1 fully saturated rings. The van der Waals surface area contributed by atoms with Gasteiger partial charge in [-0.1, -0.05) is 0 Å². The average molecular weight is 369 g/mol. The second kappa shape index (κ2) is 9.24. The van der Waals surface area contributed by atoms with Crippen molar-refractivity contribution in [2.75, 3.05) is 56.7 Å². The van der Waals surface area contributed by atoms with Crippen LogP contribution in [0.4, 0.5) is 0 Å². The molecule has 2 N–H and O–H groups in total. The Morgan fingerprint density at radius 1 is 1.32 bits per heavy atom. The van der Waals surface area contributed by atoms with Gasteiger partial charge >= 0.3 is 0 Å². The number of nitrogens with zero attached hydrogens (tertiary/aromatic N) is 2. The molecule has 1 rings (SSSR count). The van der Waals surface area contributed by atoms with Crippen LogP contribution < -0.4 is 10.6 Å². The molecule has 0 aromatic heterocycles. The topological polar surface area (TPSA) is 73.8 Å². The van der Waals surface area contributed by atoms with Crippen LogP contribution in [0, 0.1) is 0 Å². The van der Waals surface area contributed by atoms with Crippen LogP contribution in [0.25, 0.3) is 0 Å². The quantitative estimate of drug-likeness (QED) is 0.508. The Hall–Kier alpha value is -0.120. The van der Waals surface area contributed by atoms with Crippen LogP contribution in [0.5, 0.6) is 0 Å². The van der Waals surface area contributed by atoms with Crippen LogP contribution in [0.2, 0.25) is 0 Å². The molecule has 1 saturated heterocycles. The van der Waals surface area contributed by atoms with Crippen LogP contribution in [-0.2, 0) is 10.0 Å². The normalized spacial score (nSPS) is 18.3. The Balaban J connectivity index is 2.37. The largest absolute Gasteiger partial charge is 0.355 e. The first kappa shape index (κ1) is 19.9. The minimum atomic E-state index is -3.16. The van der Waals surface area contributed by atoms with Crippen molar-refractivity contribution in [3.05, 3.63) is 0 Å². The van der Waals surface area contributed by atoms with Gasteiger partial charge in [-0.25, -0.2) is 12.7 Å². The van der Waals surface area contributed by atoms with Crippen LogP contribution in [0.3, 0.4) is 0 Å². The van der Waals surface area contributed by atoms with E-state index in [2.05, 4.69) is 35.7 Å². The standard InChI is InChI=1S/C13H28N4O2S3/c1-13(2,20-4)11-16-12(14-3)15-5-10-22(18,19)17-6-8-21-9-7-17/h5-11H2,1-4H3,(H2,14,15,16). The zero-order valence-electron chi connectivity index (χ0n) is 13.9. The van der Waals surface area contributed by atoms with Crippen molar-refractivity contribution in [1.82, 2.24) is 14.9 Å². The van der Waals surface area contributed by atoms with E-state index >= 15 is 0 Å². The summed E-state index contributed by atoms with van der Waals surface area (Å²) in [4.78, 5) is 4.13. The molecule has 1 aliphatic rings. The molecule has 0 amide bonds. The van der Waals surface area contributed by atoms with E-state index in [-0.39, 0.29) is 10.5 Å². The molecule has 0 aliphatic carbocycles. The molecule has 1 heterocycles. The van der Waals surface area contributed by atoms with Gasteiger partial charge in [0.2, 0.25) is 10.0 Å². The van der Waals surface area contributed by atoms with Gasteiger partial charge in [-0.3, -0.25) is 4.99 Å². The SMILES string of the molecule is CN=C(NCCS(=O)(=O)N1CCSCC1)NCC(C)(C)SC. The van der Waals surface area contributed by atoms with Crippen molar-refractivity contribution in [2.24, 2.45) is 4.99 Å². The molecule has 0 aromatic rings. The molecule has 0 unspecified atom stereocenters. The van der Waals surface area contributed by atoms with E-state index in [0.717, 1.165) is 18.1 Å². The second-order valence-electron chi connectivity index (χ2n) is 5.64. The van der Waals surface area contributed by atoms with Gasteiger partial charge in [0, 0.05) is 49.5 Å². The van der Waals surface area contributed by atoms with Crippen molar-refractivity contribution >= 4 is 39.5 Å². The highest BCUT2D eigenvalue weighted by molar-refractivity contribution is 8.00. The number of sulfonamides is 1. The van der Waals surface area contributed by atoms with Gasteiger partial charge in [0.15, 0.2) is 5.96 Å². The Morgan fingerprint density at radius 3 is 2.50 bits per heavy atom. The summed E-state index contributed by atoms with van der Waals surface area (Å²) in [5.74, 6) is 2.52. The van der Waals surface area contributed by atoms with E-state index in [1.807, 2.05) is 0 Å². The molecule has 130 valence electrons. The third-order valence-electron chi connectivity index (χ3n) is 3.47. The molecule has 0 spiro atoms. The van der Waals surface area contributed by atoms with Crippen molar-refractivity contribution in [3.63, 3.8) is 0 Å². The highest BCUT2D eigenvalue weighted by Crippen LogP contribution is 2.19. The monoisotopic (exact) mass is 368 g/mol. The Labute approximate surface area is 143 Å². The van der Waals surface area contributed by atoms with E-state index in [4.69, 9.17) is 0 Å². The van der Waals surface area contributed by atoms with E-state index in [1.165, 1.54) is 0 Å². The zero-order valence-corrected chi connectivity index (χ0v) is 16.3. The highest BCUT2D eigenvalue weighted by atomic mass is 32.2. The van der Waals surface area contributed by atoms with Gasteiger partial charge in [0.1, 0.15) is 0 Å². The maximum atomic E-state index is 12.2. The predicted octanol–water partition coefficient (Wildman–Crippen LogP) is 0.672. The maximum Gasteiger partial charge on any atom is 0.215 e. The molecular formula is C13H28N4O2S3. The minimum absolute atomic E-state index is 0.101. The summed E-state index contributed by atoms with van der Waals surface area (Å²) in [6, 6.07) is 0. The molecule has 22 heavy (non-hydrogen) atoms. The van der Waals surface area contributed by atoms with E-state index in [1.54, 1.807) is 34.9 Å². The van der Waals surface area contributed by atoms with E-state index in [9.17, 15) is 8.42 Å². The van der Waals surface area contributed by atoms with Gasteiger partial charge in [0.05, 0.1) is 5.75 Å². The van der Waals surface area contributed by atoms with Crippen molar-refractivity contribution in [1.29, 1.82) is 0 Å². The third-order valence-corrected chi connectivity index (χ3v) is 7.54. The Morgan fingerprint density at radius 2 is 1.95 bits per heavy atom. The van der Waals surface area contributed by atoms with Crippen molar-refractivity contribution in [2.45, 2.75) is 18.6 Å². The smallest absolute Gasteiger partial charge is 0.215 e. The van der Waals surface area contributed by atoms with Crippen LogP contribution >= 0.6 is 23.5 Å². The molecular weight excluding hydrogens is 340 g/mol. The Bertz CT molecular complexity index is 460. The number of aliphatic imine (C=N–C) groups is 1. The number of hydrogen-bond acceptors (Lipinski definition) is 5. The van der Waals surface area contributed by atoms with Gasteiger partial charge in [-0.15, -0.1) is 0 Å². The highest BCUT2D eigenvalue weighted by Gasteiger charge is 2.23. The molecule has 0 radical (unpaired) electrons. The van der Waals surface area contributed by atoms with Crippen LogP contribution in [-0.4, -0.2) is 80.2 Å². The van der Waals surface area contributed by atoms with Gasteiger partial charge in [-0.05, 0) is 20.1 Å². The van der Waals surface area contributed by atoms with E-state index in [0.29, 0.717) is 25.6 Å². The molecule has 9 heteroatoms. The molecule has 0 atom stereocenters. The second-order valence-corrected chi connectivity index (χ2v) is 10.5. The first-order chi connectivity index (χ1) is 10.3. The van der Waals surface area contributed by atoms with Crippen molar-refractivity contribution < 1.29 is 8.42 Å². The zero-order chi connectivity index (χ0) is 16.6. The number of nitrogens with one attached hydrogen (secondary N) is 2. The summed E-state index contributed by atoms with van der Waals surface area (Å²) >= 11 is 3.58. The van der Waals surface area contributed by atoms with Crippen LogP contribution in [0.1, 0.15) is 13.8 Å². The number of guanidine groups is 1. The molecule has 0 aromatic carbocycles. The fraction of sp³-hybridized carbons (Fsp3) is 0.923. The first-order valence-corrected chi connectivity index (χ1v) is 11.3. The molecule has 1 aliphatic heterocycles. The summed E-state index contributed by atoms with van der Waals surface area (Å²) in [7, 11) is -1.47. The van der Waals surface area contributed by atoms with Crippen LogP contribution in [0.15, 0.2) is 4.99 Å². The molecule has 0 bridgehead atoms. The molecule has 0 saturated carbocycles. The summed E-state index contributed by atoms with van der Waals surface area (Å²) < 4.78 is 26.2. The lowest BCUT2D eigenvalue weighted by Crippen LogP contribution is -2.46. The lowest BCUT2D eigenvalue weighted by atomic mass is 10.2. The number of hydrogen-bond donors (Lipinski definition) is 2. The lowest BCUT2D eigenvalue weighted by molar-refractivity contribution is 0.443. The number of rotatable bonds is 7. The van der Waals surface area contributed by atoms with Gasteiger partial charge in [0.25, 0.3) is 0 Å². The van der Waals surface area contributed by atoms with Crippen molar-refractivity contribution in [3.8, 4) is 0 Å². The van der Waals surface area contributed by atoms with E-state index < -0.39 is 10.0 Å². The number of thioether (sulfide) groups is 2. The summed E-state index contributed by atoms with van der Waals surface area (Å²) in [6.45, 7) is 6.69. The third kappa shape index (κ3) is 6.97. The fourth-order valence-corrected chi connectivity index (χ4v) is 4.55. The predicted molar refractivity (Wildman–Crippen MR) is 99.6 cm³/mol. The average Bonchev–Trinajstić information content (AvgIpc) is 2.51.